The zero-order chi connectivity index (χ0) is 25.5. The Morgan fingerprint density at radius 1 is 1.03 bits per heavy atom. The van der Waals surface area contributed by atoms with Crippen LogP contribution in [-0.4, -0.2) is 59.5 Å². The summed E-state index contributed by atoms with van der Waals surface area (Å²) >= 11 is 5.90. The van der Waals surface area contributed by atoms with Gasteiger partial charge in [-0.25, -0.2) is 4.79 Å². The summed E-state index contributed by atoms with van der Waals surface area (Å²) in [4.78, 5) is 28.1. The Morgan fingerprint density at radius 2 is 1.67 bits per heavy atom. The number of anilines is 1. The molecule has 0 aliphatic carbocycles. The number of rotatable bonds is 10. The topological polar surface area (TPSA) is 82.1 Å². The molecule has 3 aromatic rings. The first-order valence-corrected chi connectivity index (χ1v) is 12.3. The normalized spacial score (nSPS) is 15.7. The third kappa shape index (κ3) is 7.31. The van der Waals surface area contributed by atoms with Crippen LogP contribution in [0.3, 0.4) is 0 Å². The molecule has 1 amide bonds. The number of amides is 1. The molecule has 36 heavy (non-hydrogen) atoms. The number of nitrogens with zero attached hydrogens (tertiary/aromatic N) is 2. The predicted molar refractivity (Wildman–Crippen MR) is 141 cm³/mol. The Bertz CT molecular complexity index is 1170. The lowest BCUT2D eigenvalue weighted by atomic mass is 10.1. The van der Waals surface area contributed by atoms with Crippen molar-refractivity contribution < 1.29 is 19.4 Å². The maximum atomic E-state index is 12.6. The third-order valence-corrected chi connectivity index (χ3v) is 6.46. The molecule has 1 aliphatic heterocycles. The number of halogens is 1. The summed E-state index contributed by atoms with van der Waals surface area (Å²) < 4.78 is 5.79. The highest BCUT2D eigenvalue weighted by Crippen LogP contribution is 2.25. The number of carboxylic acid groups (broad SMARTS) is 1. The molecule has 1 fully saturated rings. The molecule has 4 rings (SSSR count). The molecule has 2 N–H and O–H groups in total. The minimum absolute atomic E-state index is 0.0716. The van der Waals surface area contributed by atoms with Crippen molar-refractivity contribution in [3.63, 3.8) is 0 Å². The number of nitrogens with one attached hydrogen (secondary N) is 1. The maximum Gasteiger partial charge on any atom is 0.335 e. The van der Waals surface area contributed by atoms with E-state index < -0.39 is 5.97 Å². The van der Waals surface area contributed by atoms with Crippen molar-refractivity contribution in [3.8, 4) is 11.5 Å². The Morgan fingerprint density at radius 3 is 2.31 bits per heavy atom. The molecule has 0 radical (unpaired) electrons. The van der Waals surface area contributed by atoms with E-state index in [1.54, 1.807) is 36.4 Å². The second kappa shape index (κ2) is 12.0. The van der Waals surface area contributed by atoms with Crippen molar-refractivity contribution >= 4 is 29.2 Å². The minimum atomic E-state index is -0.914. The molecule has 7 nitrogen and oxygen atoms in total. The first-order valence-electron chi connectivity index (χ1n) is 11.9. The van der Waals surface area contributed by atoms with Gasteiger partial charge in [-0.05, 0) is 92.7 Å². The number of aromatic carboxylic acids is 1. The summed E-state index contributed by atoms with van der Waals surface area (Å²) in [5.41, 5.74) is 2.10. The molecular weight excluding hydrogens is 478 g/mol. The van der Waals surface area contributed by atoms with Crippen molar-refractivity contribution in [2.24, 2.45) is 0 Å². The van der Waals surface area contributed by atoms with Crippen LogP contribution >= 0.6 is 11.6 Å². The van der Waals surface area contributed by atoms with Crippen LogP contribution in [0.25, 0.3) is 0 Å². The van der Waals surface area contributed by atoms with Gasteiger partial charge in [0.15, 0.2) is 0 Å². The molecule has 1 heterocycles. The summed E-state index contributed by atoms with van der Waals surface area (Å²) in [6.07, 6.45) is 2.19. The molecule has 8 heteroatoms. The fourth-order valence-electron chi connectivity index (χ4n) is 4.41. The molecule has 0 spiro atoms. The van der Waals surface area contributed by atoms with Gasteiger partial charge in [0.05, 0.1) is 12.1 Å². The summed E-state index contributed by atoms with van der Waals surface area (Å²) in [6.45, 7) is 2.85. The van der Waals surface area contributed by atoms with Crippen molar-refractivity contribution in [2.75, 3.05) is 32.0 Å². The second-order valence-corrected chi connectivity index (χ2v) is 9.53. The lowest BCUT2D eigenvalue weighted by molar-refractivity contribution is -0.117. The average molecular weight is 508 g/mol. The van der Waals surface area contributed by atoms with Crippen LogP contribution in [-0.2, 0) is 11.3 Å². The van der Waals surface area contributed by atoms with Gasteiger partial charge < -0.3 is 15.2 Å². The number of likely N-dealkylation sites (tertiary alicyclic amines) is 1. The van der Waals surface area contributed by atoms with Crippen LogP contribution in [0.5, 0.6) is 11.5 Å². The van der Waals surface area contributed by atoms with E-state index in [-0.39, 0.29) is 5.91 Å². The fourth-order valence-corrected chi connectivity index (χ4v) is 4.54. The van der Waals surface area contributed by atoms with E-state index in [1.165, 1.54) is 0 Å². The predicted octanol–water partition coefficient (Wildman–Crippen LogP) is 5.37. The van der Waals surface area contributed by atoms with E-state index in [0.717, 1.165) is 38.0 Å². The molecule has 1 saturated heterocycles. The number of hydrogen-bond acceptors (Lipinski definition) is 5. The molecule has 0 unspecified atom stereocenters. The SMILES string of the molecule is CN(CC(=O)Nc1ccc(Oc2ccc(Cl)cc2)cc1)C[C@H]1CCCN1Cc1ccc(C(=O)O)cc1. The number of hydrogen-bond donors (Lipinski definition) is 2. The smallest absolute Gasteiger partial charge is 0.335 e. The summed E-state index contributed by atoms with van der Waals surface area (Å²) in [5.74, 6) is 0.378. The van der Waals surface area contributed by atoms with Crippen LogP contribution in [0, 0.1) is 0 Å². The van der Waals surface area contributed by atoms with E-state index in [0.29, 0.717) is 40.4 Å². The highest BCUT2D eigenvalue weighted by molar-refractivity contribution is 6.30. The second-order valence-electron chi connectivity index (χ2n) is 9.09. The van der Waals surface area contributed by atoms with Crippen molar-refractivity contribution in [1.29, 1.82) is 0 Å². The van der Waals surface area contributed by atoms with E-state index in [4.69, 9.17) is 21.4 Å². The molecule has 1 atom stereocenters. The molecule has 0 aromatic heterocycles. The van der Waals surface area contributed by atoms with Gasteiger partial charge in [-0.3, -0.25) is 14.6 Å². The van der Waals surface area contributed by atoms with Gasteiger partial charge in [0.2, 0.25) is 5.91 Å². The summed E-state index contributed by atoms with van der Waals surface area (Å²) in [5, 5.41) is 12.7. The first kappa shape index (κ1) is 25.7. The van der Waals surface area contributed by atoms with Gasteiger partial charge in [0.25, 0.3) is 0 Å². The summed E-state index contributed by atoms with van der Waals surface area (Å²) in [7, 11) is 1.96. The average Bonchev–Trinajstić information content (AvgIpc) is 3.28. The number of carboxylic acids is 1. The highest BCUT2D eigenvalue weighted by Gasteiger charge is 2.26. The Kier molecular flexibility index (Phi) is 8.59. The van der Waals surface area contributed by atoms with Gasteiger partial charge in [0.1, 0.15) is 11.5 Å². The monoisotopic (exact) mass is 507 g/mol. The van der Waals surface area contributed by atoms with Crippen LogP contribution in [0.15, 0.2) is 72.8 Å². The molecule has 188 valence electrons. The number of ether oxygens (including phenoxy) is 1. The van der Waals surface area contributed by atoms with E-state index in [9.17, 15) is 9.59 Å². The Balaban J connectivity index is 1.24. The molecule has 0 saturated carbocycles. The van der Waals surface area contributed by atoms with Gasteiger partial charge in [-0.1, -0.05) is 23.7 Å². The standard InChI is InChI=1S/C28H30ClN3O4/c1-31(18-24-3-2-16-32(24)17-20-4-6-21(7-5-20)28(34)35)19-27(33)30-23-10-14-26(15-11-23)36-25-12-8-22(29)9-13-25/h4-15,24H,2-3,16-19H2,1H3,(H,30,33)(H,34,35)/t24-/m1/s1. The van der Waals surface area contributed by atoms with Crippen LogP contribution in [0.4, 0.5) is 5.69 Å². The largest absolute Gasteiger partial charge is 0.478 e. The van der Waals surface area contributed by atoms with Crippen molar-refractivity contribution in [3.05, 3.63) is 88.9 Å². The van der Waals surface area contributed by atoms with Crippen molar-refractivity contribution in [2.45, 2.75) is 25.4 Å². The zero-order valence-electron chi connectivity index (χ0n) is 20.2. The minimum Gasteiger partial charge on any atom is -0.478 e. The van der Waals surface area contributed by atoms with Gasteiger partial charge in [-0.2, -0.15) is 0 Å². The van der Waals surface area contributed by atoms with Crippen LogP contribution in [0.1, 0.15) is 28.8 Å². The number of likely N-dealkylation sites (N-methyl/N-ethyl adjacent to an activating group) is 1. The lowest BCUT2D eigenvalue weighted by Crippen LogP contribution is -2.41. The Labute approximate surface area is 216 Å². The lowest BCUT2D eigenvalue weighted by Gasteiger charge is -2.28. The zero-order valence-corrected chi connectivity index (χ0v) is 20.9. The van der Waals surface area contributed by atoms with Gasteiger partial charge in [0, 0.05) is 29.8 Å². The number of carbonyl (C=O) groups excluding carboxylic acids is 1. The van der Waals surface area contributed by atoms with E-state index in [2.05, 4.69) is 10.2 Å². The van der Waals surface area contributed by atoms with E-state index in [1.807, 2.05) is 48.3 Å². The van der Waals surface area contributed by atoms with Crippen LogP contribution < -0.4 is 10.1 Å². The number of carbonyl (C=O) groups is 2. The fraction of sp³-hybridized carbons (Fsp3) is 0.286. The summed E-state index contributed by atoms with van der Waals surface area (Å²) in [6, 6.07) is 21.8. The van der Waals surface area contributed by atoms with Gasteiger partial charge in [-0.15, -0.1) is 0 Å². The van der Waals surface area contributed by atoms with E-state index >= 15 is 0 Å². The maximum absolute atomic E-state index is 12.6. The molecule has 0 bridgehead atoms. The quantitative estimate of drug-likeness (QED) is 0.384. The number of benzene rings is 3. The highest BCUT2D eigenvalue weighted by atomic mass is 35.5. The Hall–Kier alpha value is -3.39. The third-order valence-electron chi connectivity index (χ3n) is 6.21. The molecular formula is C28H30ClN3O4. The van der Waals surface area contributed by atoms with Gasteiger partial charge >= 0.3 is 5.97 Å². The molecule has 3 aromatic carbocycles. The first-order chi connectivity index (χ1) is 17.4. The van der Waals surface area contributed by atoms with Crippen LogP contribution in [0.2, 0.25) is 5.02 Å². The molecule has 1 aliphatic rings. The van der Waals surface area contributed by atoms with Crippen molar-refractivity contribution in [1.82, 2.24) is 9.80 Å².